The minimum absolute atomic E-state index is 0.0884. The number of anilines is 1. The zero-order valence-electron chi connectivity index (χ0n) is 15.1. The van der Waals surface area contributed by atoms with E-state index in [2.05, 4.69) is 63.0 Å². The molecule has 25 heavy (non-hydrogen) atoms. The van der Waals surface area contributed by atoms with Crippen molar-refractivity contribution < 1.29 is 0 Å². The van der Waals surface area contributed by atoms with Crippen molar-refractivity contribution in [2.45, 2.75) is 32.7 Å². The summed E-state index contributed by atoms with van der Waals surface area (Å²) in [6.07, 6.45) is 3.67. The smallest absolute Gasteiger partial charge is 0.153 e. The number of nitrogens with one attached hydrogen (secondary N) is 1. The summed E-state index contributed by atoms with van der Waals surface area (Å²) in [5, 5.41) is 12.3. The lowest BCUT2D eigenvalue weighted by Crippen LogP contribution is -2.46. The number of hydrogen-bond donors (Lipinski definition) is 1. The van der Waals surface area contributed by atoms with Crippen LogP contribution in [0, 0.1) is 0 Å². The van der Waals surface area contributed by atoms with Crippen LogP contribution in [-0.2, 0) is 12.0 Å². The Kier molecular flexibility index (Phi) is 3.95. The lowest BCUT2D eigenvalue weighted by molar-refractivity contribution is 0.246. The van der Waals surface area contributed by atoms with Gasteiger partial charge in [-0.25, -0.2) is 9.50 Å². The van der Waals surface area contributed by atoms with Crippen molar-refractivity contribution in [3.63, 3.8) is 0 Å². The van der Waals surface area contributed by atoms with E-state index >= 15 is 0 Å². The van der Waals surface area contributed by atoms with Crippen LogP contribution in [-0.4, -0.2) is 55.9 Å². The second-order valence-corrected chi connectivity index (χ2v) is 7.71. The van der Waals surface area contributed by atoms with E-state index in [1.807, 2.05) is 16.8 Å². The van der Waals surface area contributed by atoms with Crippen LogP contribution in [0.5, 0.6) is 0 Å². The van der Waals surface area contributed by atoms with Gasteiger partial charge in [0, 0.05) is 56.2 Å². The third-order valence-corrected chi connectivity index (χ3v) is 4.73. The number of aromatic amines is 1. The molecule has 1 N–H and O–H groups in total. The minimum Gasteiger partial charge on any atom is -0.353 e. The molecule has 7 nitrogen and oxygen atoms in total. The van der Waals surface area contributed by atoms with Gasteiger partial charge in [0.05, 0.1) is 5.69 Å². The van der Waals surface area contributed by atoms with E-state index < -0.39 is 0 Å². The first-order chi connectivity index (χ1) is 12.0. The fourth-order valence-corrected chi connectivity index (χ4v) is 3.18. The average molecular weight is 339 g/mol. The summed E-state index contributed by atoms with van der Waals surface area (Å²) in [6.45, 7) is 11.5. The lowest BCUT2D eigenvalue weighted by atomic mass is 9.92. The highest BCUT2D eigenvalue weighted by atomic mass is 15.4. The molecule has 0 unspecified atom stereocenters. The Morgan fingerprint density at radius 1 is 1.12 bits per heavy atom. The van der Waals surface area contributed by atoms with Gasteiger partial charge in [-0.05, 0) is 18.2 Å². The Hall–Kier alpha value is -2.41. The predicted molar refractivity (Wildman–Crippen MR) is 97.8 cm³/mol. The van der Waals surface area contributed by atoms with Crippen molar-refractivity contribution in [1.82, 2.24) is 29.7 Å². The summed E-state index contributed by atoms with van der Waals surface area (Å²) >= 11 is 0. The zero-order valence-corrected chi connectivity index (χ0v) is 15.1. The second kappa shape index (κ2) is 6.15. The molecule has 1 saturated heterocycles. The predicted octanol–water partition coefficient (Wildman–Crippen LogP) is 2.07. The topological polar surface area (TPSA) is 65.3 Å². The Balaban J connectivity index is 1.37. The van der Waals surface area contributed by atoms with Gasteiger partial charge >= 0.3 is 0 Å². The molecule has 1 fully saturated rings. The molecule has 0 aromatic carbocycles. The molecule has 0 bridgehead atoms. The van der Waals surface area contributed by atoms with Gasteiger partial charge < -0.3 is 4.90 Å². The van der Waals surface area contributed by atoms with Crippen LogP contribution in [0.3, 0.4) is 0 Å². The molecule has 0 radical (unpaired) electrons. The molecule has 1 aliphatic rings. The van der Waals surface area contributed by atoms with Crippen LogP contribution in [0.25, 0.3) is 5.65 Å². The van der Waals surface area contributed by atoms with Gasteiger partial charge in [-0.1, -0.05) is 20.8 Å². The highest BCUT2D eigenvalue weighted by Gasteiger charge is 2.21. The molecule has 4 heterocycles. The molecule has 1 aliphatic heterocycles. The highest BCUT2D eigenvalue weighted by Crippen LogP contribution is 2.21. The molecule has 0 atom stereocenters. The Labute approximate surface area is 147 Å². The van der Waals surface area contributed by atoms with Gasteiger partial charge in [0.1, 0.15) is 5.82 Å². The van der Waals surface area contributed by atoms with Crippen LogP contribution in [0.4, 0.5) is 5.82 Å². The molecule has 7 heteroatoms. The van der Waals surface area contributed by atoms with E-state index in [1.54, 1.807) is 6.20 Å². The number of H-pyrrole nitrogens is 1. The lowest BCUT2D eigenvalue weighted by Gasteiger charge is -2.35. The molecular weight excluding hydrogens is 314 g/mol. The van der Waals surface area contributed by atoms with Crippen LogP contribution >= 0.6 is 0 Å². The van der Waals surface area contributed by atoms with E-state index in [0.717, 1.165) is 49.9 Å². The Morgan fingerprint density at radius 2 is 1.92 bits per heavy atom. The quantitative estimate of drug-likeness (QED) is 0.791. The van der Waals surface area contributed by atoms with Gasteiger partial charge in [-0.3, -0.25) is 10.00 Å². The van der Waals surface area contributed by atoms with E-state index in [1.165, 1.54) is 5.69 Å². The summed E-state index contributed by atoms with van der Waals surface area (Å²) in [6, 6.07) is 6.27. The maximum Gasteiger partial charge on any atom is 0.153 e. The van der Waals surface area contributed by atoms with Crippen LogP contribution in [0.1, 0.15) is 32.2 Å². The highest BCUT2D eigenvalue weighted by molar-refractivity contribution is 5.46. The first-order valence-corrected chi connectivity index (χ1v) is 8.81. The Morgan fingerprint density at radius 3 is 2.64 bits per heavy atom. The normalized spacial score (nSPS) is 16.7. The maximum absolute atomic E-state index is 4.64. The minimum atomic E-state index is 0.0884. The largest absolute Gasteiger partial charge is 0.353 e. The number of rotatable bonds is 3. The van der Waals surface area contributed by atoms with Crippen molar-refractivity contribution >= 4 is 11.5 Å². The zero-order chi connectivity index (χ0) is 17.4. The standard InChI is InChI=1S/C18H25N7/c1-18(2,3)15-12-14(20-21-15)13-23-8-10-24(11-9-23)17-5-4-16-19-6-7-25(16)22-17/h4-7,12H,8-11,13H2,1-3H3,(H,20,21). The summed E-state index contributed by atoms with van der Waals surface area (Å²) in [5.74, 6) is 1.02. The summed E-state index contributed by atoms with van der Waals surface area (Å²) in [4.78, 5) is 9.05. The Bertz CT molecular complexity index is 850. The molecule has 4 rings (SSSR count). The molecule has 0 spiro atoms. The van der Waals surface area contributed by atoms with E-state index in [0.29, 0.717) is 0 Å². The number of imidazole rings is 1. The molecule has 0 aliphatic carbocycles. The molecular formula is C18H25N7. The van der Waals surface area contributed by atoms with Crippen LogP contribution in [0.15, 0.2) is 30.6 Å². The number of fused-ring (bicyclic) bond motifs is 1. The van der Waals surface area contributed by atoms with Gasteiger partial charge in [0.25, 0.3) is 0 Å². The van der Waals surface area contributed by atoms with E-state index in [-0.39, 0.29) is 5.41 Å². The first-order valence-electron chi connectivity index (χ1n) is 8.81. The molecule has 3 aromatic rings. The SMILES string of the molecule is CC(C)(C)c1cc(CN2CCN(c3ccc4nccn4n3)CC2)[nH]n1. The van der Waals surface area contributed by atoms with Crippen LogP contribution < -0.4 is 4.90 Å². The van der Waals surface area contributed by atoms with Crippen molar-refractivity contribution in [3.8, 4) is 0 Å². The summed E-state index contributed by atoms with van der Waals surface area (Å²) in [7, 11) is 0. The van der Waals surface area contributed by atoms with Gasteiger partial charge in [-0.15, -0.1) is 5.10 Å². The summed E-state index contributed by atoms with van der Waals surface area (Å²) < 4.78 is 1.83. The third kappa shape index (κ3) is 3.37. The number of hydrogen-bond acceptors (Lipinski definition) is 5. The fourth-order valence-electron chi connectivity index (χ4n) is 3.18. The van der Waals surface area contributed by atoms with Crippen molar-refractivity contribution in [1.29, 1.82) is 0 Å². The number of piperazine rings is 1. The molecule has 0 saturated carbocycles. The second-order valence-electron chi connectivity index (χ2n) is 7.71. The maximum atomic E-state index is 4.64. The van der Waals surface area contributed by atoms with E-state index in [4.69, 9.17) is 0 Å². The van der Waals surface area contributed by atoms with Gasteiger partial charge in [-0.2, -0.15) is 5.10 Å². The number of aromatic nitrogens is 5. The molecule has 132 valence electrons. The van der Waals surface area contributed by atoms with E-state index in [9.17, 15) is 0 Å². The average Bonchev–Trinajstić information content (AvgIpc) is 3.23. The molecule has 3 aromatic heterocycles. The third-order valence-electron chi connectivity index (χ3n) is 4.73. The van der Waals surface area contributed by atoms with Gasteiger partial charge in [0.2, 0.25) is 0 Å². The molecule has 0 amide bonds. The van der Waals surface area contributed by atoms with Crippen molar-refractivity contribution in [2.75, 3.05) is 31.1 Å². The van der Waals surface area contributed by atoms with Crippen molar-refractivity contribution in [3.05, 3.63) is 42.0 Å². The van der Waals surface area contributed by atoms with Crippen LogP contribution in [0.2, 0.25) is 0 Å². The number of nitrogens with zero attached hydrogens (tertiary/aromatic N) is 6. The van der Waals surface area contributed by atoms with Crippen molar-refractivity contribution in [2.24, 2.45) is 0 Å². The monoisotopic (exact) mass is 339 g/mol. The fraction of sp³-hybridized carbons (Fsp3) is 0.500. The summed E-state index contributed by atoms with van der Waals surface area (Å²) in [5.41, 5.74) is 3.29. The first kappa shape index (κ1) is 16.1. The van der Waals surface area contributed by atoms with Gasteiger partial charge in [0.15, 0.2) is 5.65 Å².